The van der Waals surface area contributed by atoms with Crippen molar-refractivity contribution in [3.63, 3.8) is 0 Å². The Morgan fingerprint density at radius 1 is 1.07 bits per heavy atom. The highest BCUT2D eigenvalue weighted by Crippen LogP contribution is 2.21. The number of nitrogens with zero attached hydrogens (tertiary/aromatic N) is 1. The van der Waals surface area contributed by atoms with Gasteiger partial charge in [0.25, 0.3) is 0 Å². The van der Waals surface area contributed by atoms with Crippen LogP contribution in [0.1, 0.15) is 12.8 Å². The number of carbonyl (C=O) groups is 2. The molecule has 2 aromatic rings. The van der Waals surface area contributed by atoms with Gasteiger partial charge in [-0.3, -0.25) is 14.5 Å². The zero-order chi connectivity index (χ0) is 19.2. The van der Waals surface area contributed by atoms with E-state index in [0.717, 1.165) is 25.1 Å². The summed E-state index contributed by atoms with van der Waals surface area (Å²) in [5.74, 6) is 0.479. The molecule has 0 aromatic heterocycles. The van der Waals surface area contributed by atoms with E-state index in [4.69, 9.17) is 16.3 Å². The van der Waals surface area contributed by atoms with Crippen molar-refractivity contribution in [1.82, 2.24) is 4.90 Å². The molecule has 2 amide bonds. The van der Waals surface area contributed by atoms with Crippen molar-refractivity contribution >= 4 is 34.8 Å². The minimum absolute atomic E-state index is 0.100. The van der Waals surface area contributed by atoms with Gasteiger partial charge in [0, 0.05) is 16.4 Å². The van der Waals surface area contributed by atoms with Crippen molar-refractivity contribution in [2.24, 2.45) is 0 Å². The van der Waals surface area contributed by atoms with E-state index in [-0.39, 0.29) is 24.4 Å². The topological polar surface area (TPSA) is 70.7 Å². The normalized spacial score (nSPS) is 16.7. The number of amides is 2. The van der Waals surface area contributed by atoms with Gasteiger partial charge < -0.3 is 15.4 Å². The molecule has 0 spiro atoms. The highest BCUT2D eigenvalue weighted by atomic mass is 35.5. The Morgan fingerprint density at radius 3 is 2.37 bits per heavy atom. The quantitative estimate of drug-likeness (QED) is 0.797. The monoisotopic (exact) mass is 387 g/mol. The molecule has 3 rings (SSSR count). The minimum atomic E-state index is -0.317. The Labute approximate surface area is 163 Å². The van der Waals surface area contributed by atoms with Crippen LogP contribution in [0.15, 0.2) is 48.5 Å². The number of benzene rings is 2. The number of carbonyl (C=O) groups excluding carboxylic acids is 2. The largest absolute Gasteiger partial charge is 0.497 e. The second-order valence-corrected chi connectivity index (χ2v) is 6.84. The van der Waals surface area contributed by atoms with Gasteiger partial charge in [0.15, 0.2) is 0 Å². The molecule has 1 atom stereocenters. The number of halogens is 1. The van der Waals surface area contributed by atoms with Crippen molar-refractivity contribution in [2.75, 3.05) is 30.8 Å². The Balaban J connectivity index is 1.56. The van der Waals surface area contributed by atoms with E-state index in [0.29, 0.717) is 16.4 Å². The number of ether oxygens (including phenoxy) is 1. The van der Waals surface area contributed by atoms with Gasteiger partial charge >= 0.3 is 0 Å². The summed E-state index contributed by atoms with van der Waals surface area (Å²) >= 11 is 5.85. The van der Waals surface area contributed by atoms with Crippen LogP contribution in [0.5, 0.6) is 5.75 Å². The van der Waals surface area contributed by atoms with E-state index in [1.165, 1.54) is 0 Å². The Bertz CT molecular complexity index is 793. The summed E-state index contributed by atoms with van der Waals surface area (Å²) in [6, 6.07) is 13.8. The number of anilines is 2. The van der Waals surface area contributed by atoms with Crippen molar-refractivity contribution in [3.8, 4) is 5.75 Å². The van der Waals surface area contributed by atoms with E-state index in [2.05, 4.69) is 10.6 Å². The third kappa shape index (κ3) is 5.21. The number of hydrogen-bond donors (Lipinski definition) is 2. The molecule has 1 saturated heterocycles. The fourth-order valence-corrected chi connectivity index (χ4v) is 3.26. The molecule has 2 N–H and O–H groups in total. The number of rotatable bonds is 6. The number of likely N-dealkylation sites (tertiary alicyclic amines) is 1. The smallest absolute Gasteiger partial charge is 0.241 e. The summed E-state index contributed by atoms with van der Waals surface area (Å²) in [6.07, 6.45) is 1.62. The molecule has 1 unspecified atom stereocenters. The van der Waals surface area contributed by atoms with Crippen LogP contribution in [0.4, 0.5) is 11.4 Å². The van der Waals surface area contributed by atoms with Gasteiger partial charge in [-0.25, -0.2) is 0 Å². The minimum Gasteiger partial charge on any atom is -0.497 e. The van der Waals surface area contributed by atoms with Gasteiger partial charge in [-0.05, 0) is 67.9 Å². The number of nitrogens with one attached hydrogen (secondary N) is 2. The molecule has 142 valence electrons. The highest BCUT2D eigenvalue weighted by molar-refractivity contribution is 6.30. The lowest BCUT2D eigenvalue weighted by Crippen LogP contribution is -2.43. The van der Waals surface area contributed by atoms with Crippen LogP contribution in [0.25, 0.3) is 0 Å². The third-order valence-electron chi connectivity index (χ3n) is 4.50. The first-order chi connectivity index (χ1) is 13.0. The maximum absolute atomic E-state index is 12.6. The fourth-order valence-electron chi connectivity index (χ4n) is 3.13. The zero-order valence-corrected chi connectivity index (χ0v) is 15.8. The van der Waals surface area contributed by atoms with Crippen LogP contribution in [-0.4, -0.2) is 43.0 Å². The summed E-state index contributed by atoms with van der Waals surface area (Å²) in [5, 5.41) is 6.36. The molecule has 0 radical (unpaired) electrons. The van der Waals surface area contributed by atoms with Gasteiger partial charge in [-0.15, -0.1) is 0 Å². The highest BCUT2D eigenvalue weighted by Gasteiger charge is 2.31. The lowest BCUT2D eigenvalue weighted by molar-refractivity contribution is -0.122. The lowest BCUT2D eigenvalue weighted by Gasteiger charge is -2.23. The molecule has 0 aliphatic carbocycles. The molecule has 1 aliphatic rings. The van der Waals surface area contributed by atoms with E-state index in [1.54, 1.807) is 55.6 Å². The van der Waals surface area contributed by atoms with E-state index in [1.807, 2.05) is 4.90 Å². The van der Waals surface area contributed by atoms with Crippen molar-refractivity contribution in [3.05, 3.63) is 53.6 Å². The second kappa shape index (κ2) is 8.88. The lowest BCUT2D eigenvalue weighted by atomic mass is 10.2. The van der Waals surface area contributed by atoms with Gasteiger partial charge in [-0.2, -0.15) is 0 Å². The first-order valence-corrected chi connectivity index (χ1v) is 9.17. The molecule has 6 nitrogen and oxygen atoms in total. The molecule has 1 aliphatic heterocycles. The van der Waals surface area contributed by atoms with Crippen molar-refractivity contribution in [1.29, 1.82) is 0 Å². The average Bonchev–Trinajstić information content (AvgIpc) is 3.12. The number of hydrogen-bond acceptors (Lipinski definition) is 4. The van der Waals surface area contributed by atoms with Crippen LogP contribution in [-0.2, 0) is 9.59 Å². The van der Waals surface area contributed by atoms with Crippen LogP contribution >= 0.6 is 11.6 Å². The molecule has 0 saturated carbocycles. The summed E-state index contributed by atoms with van der Waals surface area (Å²) in [4.78, 5) is 26.9. The molecule has 1 heterocycles. The van der Waals surface area contributed by atoms with Crippen LogP contribution < -0.4 is 15.4 Å². The maximum atomic E-state index is 12.6. The van der Waals surface area contributed by atoms with Gasteiger partial charge in [0.05, 0.1) is 19.7 Å². The Hall–Kier alpha value is -2.57. The summed E-state index contributed by atoms with van der Waals surface area (Å²) in [5.41, 5.74) is 1.39. The standard InChI is InChI=1S/C20H22ClN3O3/c1-27-17-10-8-16(9-11-17)23-20(26)18-3-2-12-24(18)13-19(25)22-15-6-4-14(21)5-7-15/h4-11,18H,2-3,12-13H2,1H3,(H,22,25)(H,23,26). The van der Waals surface area contributed by atoms with Gasteiger partial charge in [-0.1, -0.05) is 11.6 Å². The molecule has 1 fully saturated rings. The molecule has 27 heavy (non-hydrogen) atoms. The first kappa shape index (κ1) is 19.2. The Morgan fingerprint density at radius 2 is 1.70 bits per heavy atom. The van der Waals surface area contributed by atoms with Gasteiger partial charge in [0.1, 0.15) is 5.75 Å². The average molecular weight is 388 g/mol. The molecular weight excluding hydrogens is 366 g/mol. The molecule has 7 heteroatoms. The second-order valence-electron chi connectivity index (χ2n) is 6.40. The van der Waals surface area contributed by atoms with Crippen LogP contribution in [0, 0.1) is 0 Å². The summed E-state index contributed by atoms with van der Waals surface area (Å²) < 4.78 is 5.12. The zero-order valence-electron chi connectivity index (χ0n) is 15.1. The fraction of sp³-hybridized carbons (Fsp3) is 0.300. The first-order valence-electron chi connectivity index (χ1n) is 8.79. The van der Waals surface area contributed by atoms with Crippen LogP contribution in [0.2, 0.25) is 5.02 Å². The number of methoxy groups -OCH3 is 1. The Kier molecular flexibility index (Phi) is 6.32. The third-order valence-corrected chi connectivity index (χ3v) is 4.75. The van der Waals surface area contributed by atoms with Crippen molar-refractivity contribution < 1.29 is 14.3 Å². The summed E-state index contributed by atoms with van der Waals surface area (Å²) in [6.45, 7) is 0.887. The predicted octanol–water partition coefficient (Wildman–Crippen LogP) is 3.39. The van der Waals surface area contributed by atoms with Gasteiger partial charge in [0.2, 0.25) is 11.8 Å². The molecule has 0 bridgehead atoms. The van der Waals surface area contributed by atoms with E-state index < -0.39 is 0 Å². The SMILES string of the molecule is COc1ccc(NC(=O)C2CCCN2CC(=O)Nc2ccc(Cl)cc2)cc1. The maximum Gasteiger partial charge on any atom is 0.241 e. The van der Waals surface area contributed by atoms with Crippen LogP contribution in [0.3, 0.4) is 0 Å². The summed E-state index contributed by atoms with van der Waals surface area (Å²) in [7, 11) is 1.60. The van der Waals surface area contributed by atoms with E-state index in [9.17, 15) is 9.59 Å². The molecular formula is C20H22ClN3O3. The van der Waals surface area contributed by atoms with E-state index >= 15 is 0 Å². The molecule has 2 aromatic carbocycles. The van der Waals surface area contributed by atoms with Crippen molar-refractivity contribution in [2.45, 2.75) is 18.9 Å². The predicted molar refractivity (Wildman–Crippen MR) is 106 cm³/mol.